The normalized spacial score (nSPS) is 23.1. The van der Waals surface area contributed by atoms with E-state index in [4.69, 9.17) is 16.3 Å². The highest BCUT2D eigenvalue weighted by Gasteiger charge is 2.29. The fraction of sp³-hybridized carbons (Fsp3) is 0.667. The summed E-state index contributed by atoms with van der Waals surface area (Å²) in [5.74, 6) is 0.400. The van der Waals surface area contributed by atoms with Crippen molar-refractivity contribution < 1.29 is 9.66 Å². The van der Waals surface area contributed by atoms with Gasteiger partial charge in [0.25, 0.3) is 5.88 Å². The van der Waals surface area contributed by atoms with Crippen LogP contribution in [-0.4, -0.2) is 21.0 Å². The van der Waals surface area contributed by atoms with Gasteiger partial charge in [0, 0.05) is 0 Å². The van der Waals surface area contributed by atoms with E-state index in [-0.39, 0.29) is 23.0 Å². The molecule has 1 aromatic rings. The van der Waals surface area contributed by atoms with Crippen LogP contribution in [0.5, 0.6) is 5.88 Å². The van der Waals surface area contributed by atoms with Crippen molar-refractivity contribution in [1.82, 2.24) is 9.97 Å². The van der Waals surface area contributed by atoms with Gasteiger partial charge in [-0.1, -0.05) is 13.3 Å². The highest BCUT2D eigenvalue weighted by atomic mass is 35.5. The second-order valence-electron chi connectivity index (χ2n) is 4.70. The third kappa shape index (κ3) is 3.32. The third-order valence-corrected chi connectivity index (χ3v) is 3.71. The molecule has 0 amide bonds. The molecule has 1 heterocycles. The average molecular weight is 286 g/mol. The third-order valence-electron chi connectivity index (χ3n) is 3.53. The summed E-state index contributed by atoms with van der Waals surface area (Å²) in [7, 11) is 0. The van der Waals surface area contributed by atoms with Gasteiger partial charge < -0.3 is 4.74 Å². The molecule has 0 radical (unpaired) electrons. The molecule has 1 aliphatic carbocycles. The summed E-state index contributed by atoms with van der Waals surface area (Å²) in [6.45, 7) is 2.10. The van der Waals surface area contributed by atoms with E-state index in [0.29, 0.717) is 5.92 Å². The molecule has 104 valence electrons. The van der Waals surface area contributed by atoms with Crippen molar-refractivity contribution in [2.45, 2.75) is 45.1 Å². The molecule has 2 unspecified atom stereocenters. The van der Waals surface area contributed by atoms with Gasteiger partial charge in [-0.25, -0.2) is 4.98 Å². The largest absolute Gasteiger partial charge is 0.469 e. The first-order valence-electron chi connectivity index (χ1n) is 6.45. The maximum atomic E-state index is 10.9. The molecule has 1 saturated carbocycles. The van der Waals surface area contributed by atoms with Crippen molar-refractivity contribution in [3.63, 3.8) is 0 Å². The van der Waals surface area contributed by atoms with E-state index < -0.39 is 4.92 Å². The molecule has 6 nitrogen and oxygen atoms in total. The Balaban J connectivity index is 2.21. The Hall–Kier alpha value is -1.43. The average Bonchev–Trinajstić information content (AvgIpc) is 2.39. The van der Waals surface area contributed by atoms with Crippen LogP contribution in [0.15, 0.2) is 6.20 Å². The number of ether oxygens (including phenoxy) is 1. The lowest BCUT2D eigenvalue weighted by Gasteiger charge is -2.30. The molecule has 1 fully saturated rings. The van der Waals surface area contributed by atoms with Crippen molar-refractivity contribution >= 4 is 17.3 Å². The molecular formula is C12H16ClN3O3. The van der Waals surface area contributed by atoms with Gasteiger partial charge in [-0.3, -0.25) is 10.1 Å². The van der Waals surface area contributed by atoms with Gasteiger partial charge in [0.1, 0.15) is 12.3 Å². The number of nitrogens with zero attached hydrogens (tertiary/aromatic N) is 3. The van der Waals surface area contributed by atoms with Crippen LogP contribution >= 0.6 is 11.6 Å². The predicted octanol–water partition coefficient (Wildman–Crippen LogP) is 3.39. The van der Waals surface area contributed by atoms with Gasteiger partial charge >= 0.3 is 5.69 Å². The van der Waals surface area contributed by atoms with Gasteiger partial charge in [0.05, 0.1) is 4.92 Å². The van der Waals surface area contributed by atoms with E-state index >= 15 is 0 Å². The van der Waals surface area contributed by atoms with E-state index in [2.05, 4.69) is 16.9 Å². The van der Waals surface area contributed by atoms with Crippen LogP contribution in [0, 0.1) is 16.0 Å². The van der Waals surface area contributed by atoms with E-state index in [1.54, 1.807) is 0 Å². The van der Waals surface area contributed by atoms with Gasteiger partial charge in [0.15, 0.2) is 0 Å². The molecule has 0 saturated heterocycles. The van der Waals surface area contributed by atoms with E-state index in [1.165, 1.54) is 6.42 Å². The zero-order valence-corrected chi connectivity index (χ0v) is 11.5. The van der Waals surface area contributed by atoms with Gasteiger partial charge in [-0.2, -0.15) is 4.98 Å². The van der Waals surface area contributed by atoms with Crippen LogP contribution in [0.3, 0.4) is 0 Å². The highest BCUT2D eigenvalue weighted by molar-refractivity contribution is 6.28. The predicted molar refractivity (Wildman–Crippen MR) is 70.4 cm³/mol. The van der Waals surface area contributed by atoms with Crippen molar-refractivity contribution in [2.75, 3.05) is 0 Å². The first-order chi connectivity index (χ1) is 9.11. The van der Waals surface area contributed by atoms with Gasteiger partial charge in [0.2, 0.25) is 5.28 Å². The molecule has 0 aromatic carbocycles. The van der Waals surface area contributed by atoms with Crippen LogP contribution in [-0.2, 0) is 0 Å². The van der Waals surface area contributed by atoms with Crippen LogP contribution in [0.2, 0.25) is 5.28 Å². The van der Waals surface area contributed by atoms with Crippen molar-refractivity contribution in [1.29, 1.82) is 0 Å². The molecule has 0 spiro atoms. The molecule has 2 atom stereocenters. The number of rotatable bonds is 4. The summed E-state index contributed by atoms with van der Waals surface area (Å²) in [4.78, 5) is 17.9. The van der Waals surface area contributed by atoms with Crippen LogP contribution in [0.4, 0.5) is 5.69 Å². The Morgan fingerprint density at radius 2 is 2.26 bits per heavy atom. The van der Waals surface area contributed by atoms with Crippen molar-refractivity contribution in [3.8, 4) is 5.88 Å². The monoisotopic (exact) mass is 285 g/mol. The standard InChI is InChI=1S/C12H16ClN3O3/c1-2-8-5-3-4-6-10(8)19-11-9(16(17)18)7-14-12(13)15-11/h7-8,10H,2-6H2,1H3. The van der Waals surface area contributed by atoms with Crippen LogP contribution in [0.25, 0.3) is 0 Å². The Kier molecular flexibility index (Phi) is 4.52. The lowest BCUT2D eigenvalue weighted by Crippen LogP contribution is -2.30. The first kappa shape index (κ1) is 14.0. The lowest BCUT2D eigenvalue weighted by molar-refractivity contribution is -0.386. The van der Waals surface area contributed by atoms with Crippen molar-refractivity contribution in [2.24, 2.45) is 5.92 Å². The van der Waals surface area contributed by atoms with Crippen LogP contribution in [0.1, 0.15) is 39.0 Å². The fourth-order valence-corrected chi connectivity index (χ4v) is 2.62. The molecular weight excluding hydrogens is 270 g/mol. The summed E-state index contributed by atoms with van der Waals surface area (Å²) in [5.41, 5.74) is -0.232. The second kappa shape index (κ2) is 6.14. The van der Waals surface area contributed by atoms with E-state index in [9.17, 15) is 10.1 Å². The maximum Gasteiger partial charge on any atom is 0.349 e. The summed E-state index contributed by atoms with van der Waals surface area (Å²) in [6.07, 6.45) is 6.32. The molecule has 0 N–H and O–H groups in total. The minimum Gasteiger partial charge on any atom is -0.469 e. The zero-order valence-electron chi connectivity index (χ0n) is 10.7. The van der Waals surface area contributed by atoms with E-state index in [1.807, 2.05) is 0 Å². The minimum atomic E-state index is -0.546. The smallest absolute Gasteiger partial charge is 0.349 e. The Morgan fingerprint density at radius 1 is 1.53 bits per heavy atom. The topological polar surface area (TPSA) is 78.2 Å². The van der Waals surface area contributed by atoms with Gasteiger partial charge in [-0.15, -0.1) is 0 Å². The summed E-state index contributed by atoms with van der Waals surface area (Å²) < 4.78 is 5.75. The molecule has 7 heteroatoms. The molecule has 19 heavy (non-hydrogen) atoms. The molecule has 0 bridgehead atoms. The number of halogens is 1. The first-order valence-corrected chi connectivity index (χ1v) is 6.83. The quantitative estimate of drug-likeness (QED) is 0.481. The number of hydrogen-bond acceptors (Lipinski definition) is 5. The SMILES string of the molecule is CCC1CCCCC1Oc1nc(Cl)ncc1[N+](=O)[O-]. The number of hydrogen-bond donors (Lipinski definition) is 0. The Morgan fingerprint density at radius 3 is 2.95 bits per heavy atom. The molecule has 1 aliphatic rings. The number of aromatic nitrogens is 2. The second-order valence-corrected chi connectivity index (χ2v) is 5.03. The fourth-order valence-electron chi connectivity index (χ4n) is 2.49. The number of nitro groups is 1. The minimum absolute atomic E-state index is 0.0182. The summed E-state index contributed by atoms with van der Waals surface area (Å²) in [6, 6.07) is 0. The lowest BCUT2D eigenvalue weighted by atomic mass is 9.85. The molecule has 2 rings (SSSR count). The zero-order chi connectivity index (χ0) is 13.8. The highest BCUT2D eigenvalue weighted by Crippen LogP contribution is 2.33. The Bertz CT molecular complexity index is 470. The van der Waals surface area contributed by atoms with Gasteiger partial charge in [-0.05, 0) is 43.2 Å². The Labute approximate surface area is 116 Å². The van der Waals surface area contributed by atoms with Crippen LogP contribution < -0.4 is 4.74 Å². The summed E-state index contributed by atoms with van der Waals surface area (Å²) >= 11 is 5.68. The summed E-state index contributed by atoms with van der Waals surface area (Å²) in [5, 5.41) is 10.9. The van der Waals surface area contributed by atoms with Crippen molar-refractivity contribution in [3.05, 3.63) is 21.6 Å². The molecule has 1 aromatic heterocycles. The maximum absolute atomic E-state index is 10.9. The molecule has 0 aliphatic heterocycles. The van der Waals surface area contributed by atoms with E-state index in [0.717, 1.165) is 31.9 Å².